The maximum Gasteiger partial charge on any atom is 0.192 e. The predicted molar refractivity (Wildman–Crippen MR) is 94.6 cm³/mol. The number of hydrogen-bond donors (Lipinski definition) is 3. The lowest BCUT2D eigenvalue weighted by Crippen LogP contribution is -2.46. The molecule has 1 aromatic rings. The highest BCUT2D eigenvalue weighted by atomic mass is 28.4. The van der Waals surface area contributed by atoms with Gasteiger partial charge in [-0.15, -0.1) is 0 Å². The predicted octanol–water partition coefficient (Wildman–Crippen LogP) is 3.68. The standard InChI is InChI=1S/C17H31NO3Si/c1-12(21-22(5,6)17(2,3)4)15(19)11-10-13-8-7-9-14(18)16(13)20/h7-9,12,15,19-20H,10-11,18H2,1-6H3. The fourth-order valence-corrected chi connectivity index (χ4v) is 3.51. The number of anilines is 1. The molecule has 0 saturated heterocycles. The number of benzene rings is 1. The number of nitrogen functional groups attached to an aromatic ring is 1. The lowest BCUT2D eigenvalue weighted by Gasteiger charge is -2.39. The van der Waals surface area contributed by atoms with Crippen LogP contribution in [0.15, 0.2) is 18.2 Å². The molecule has 0 aliphatic rings. The van der Waals surface area contributed by atoms with Crippen LogP contribution in [0.5, 0.6) is 5.75 Å². The minimum Gasteiger partial charge on any atom is -0.506 e. The Balaban J connectivity index is 2.62. The summed E-state index contributed by atoms with van der Waals surface area (Å²) in [6.45, 7) is 12.8. The maximum absolute atomic E-state index is 10.4. The van der Waals surface area contributed by atoms with Crippen molar-refractivity contribution in [1.82, 2.24) is 0 Å². The zero-order valence-corrected chi connectivity index (χ0v) is 15.7. The van der Waals surface area contributed by atoms with Crippen LogP contribution in [0, 0.1) is 0 Å². The van der Waals surface area contributed by atoms with Gasteiger partial charge in [-0.05, 0) is 49.5 Å². The second kappa shape index (κ2) is 7.02. The van der Waals surface area contributed by atoms with Crippen molar-refractivity contribution in [1.29, 1.82) is 0 Å². The summed E-state index contributed by atoms with van der Waals surface area (Å²) in [6, 6.07) is 5.31. The summed E-state index contributed by atoms with van der Waals surface area (Å²) in [5.74, 6) is 0.118. The van der Waals surface area contributed by atoms with Crippen molar-refractivity contribution in [2.24, 2.45) is 0 Å². The van der Waals surface area contributed by atoms with Crippen molar-refractivity contribution in [3.8, 4) is 5.75 Å². The molecule has 0 spiro atoms. The van der Waals surface area contributed by atoms with Crippen molar-refractivity contribution < 1.29 is 14.6 Å². The molecular formula is C17H31NO3Si. The van der Waals surface area contributed by atoms with Crippen LogP contribution in [-0.2, 0) is 10.8 Å². The Morgan fingerprint density at radius 2 is 1.86 bits per heavy atom. The van der Waals surface area contributed by atoms with Gasteiger partial charge in [0, 0.05) is 0 Å². The Hall–Kier alpha value is -1.04. The Bertz CT molecular complexity index is 497. The van der Waals surface area contributed by atoms with Crippen LogP contribution >= 0.6 is 0 Å². The lowest BCUT2D eigenvalue weighted by atomic mass is 10.0. The van der Waals surface area contributed by atoms with Crippen molar-refractivity contribution in [3.05, 3.63) is 23.8 Å². The van der Waals surface area contributed by atoms with E-state index in [2.05, 4.69) is 33.9 Å². The molecule has 0 amide bonds. The van der Waals surface area contributed by atoms with Gasteiger partial charge in [0.2, 0.25) is 0 Å². The van der Waals surface area contributed by atoms with Gasteiger partial charge in [-0.2, -0.15) is 0 Å². The number of rotatable bonds is 6. The Kier molecular flexibility index (Phi) is 6.07. The van der Waals surface area contributed by atoms with Crippen molar-refractivity contribution in [2.45, 2.75) is 70.9 Å². The maximum atomic E-state index is 10.4. The number of aliphatic hydroxyl groups is 1. The quantitative estimate of drug-likeness (QED) is 0.424. The third-order valence-electron chi connectivity index (χ3n) is 4.69. The summed E-state index contributed by atoms with van der Waals surface area (Å²) in [5, 5.41) is 20.4. The van der Waals surface area contributed by atoms with E-state index in [4.69, 9.17) is 10.2 Å². The van der Waals surface area contributed by atoms with E-state index in [-0.39, 0.29) is 16.9 Å². The molecule has 1 aromatic carbocycles. The first kappa shape index (κ1) is 19.0. The fraction of sp³-hybridized carbons (Fsp3) is 0.647. The van der Waals surface area contributed by atoms with E-state index in [1.165, 1.54) is 0 Å². The minimum atomic E-state index is -1.89. The first-order valence-electron chi connectivity index (χ1n) is 7.88. The van der Waals surface area contributed by atoms with Gasteiger partial charge >= 0.3 is 0 Å². The molecule has 0 saturated carbocycles. The first-order chi connectivity index (χ1) is 9.95. The minimum absolute atomic E-state index is 0.118. The molecule has 0 aliphatic heterocycles. The van der Waals surface area contributed by atoms with Crippen LogP contribution in [0.4, 0.5) is 5.69 Å². The SMILES string of the molecule is CC(O[Si](C)(C)C(C)(C)C)C(O)CCc1cccc(N)c1O. The fourth-order valence-electron chi connectivity index (χ4n) is 2.07. The first-order valence-corrected chi connectivity index (χ1v) is 10.8. The monoisotopic (exact) mass is 325 g/mol. The highest BCUT2D eigenvalue weighted by Crippen LogP contribution is 2.37. The molecule has 4 nitrogen and oxygen atoms in total. The van der Waals surface area contributed by atoms with E-state index < -0.39 is 14.4 Å². The van der Waals surface area contributed by atoms with E-state index in [1.807, 2.05) is 19.1 Å². The van der Waals surface area contributed by atoms with Gasteiger partial charge in [-0.25, -0.2) is 0 Å². The largest absolute Gasteiger partial charge is 0.506 e. The Morgan fingerprint density at radius 1 is 1.27 bits per heavy atom. The molecule has 126 valence electrons. The van der Waals surface area contributed by atoms with Crippen LogP contribution < -0.4 is 5.73 Å². The molecule has 2 unspecified atom stereocenters. The molecule has 4 N–H and O–H groups in total. The summed E-state index contributed by atoms with van der Waals surface area (Å²) in [7, 11) is -1.89. The Labute approximate surface area is 135 Å². The average molecular weight is 326 g/mol. The number of aliphatic hydroxyl groups excluding tert-OH is 1. The van der Waals surface area contributed by atoms with E-state index in [1.54, 1.807) is 6.07 Å². The highest BCUT2D eigenvalue weighted by molar-refractivity contribution is 6.74. The van der Waals surface area contributed by atoms with E-state index >= 15 is 0 Å². The lowest BCUT2D eigenvalue weighted by molar-refractivity contribution is 0.0336. The van der Waals surface area contributed by atoms with Crippen LogP contribution in [0.3, 0.4) is 0 Å². The third-order valence-corrected chi connectivity index (χ3v) is 9.26. The van der Waals surface area contributed by atoms with Gasteiger partial charge < -0.3 is 20.4 Å². The highest BCUT2D eigenvalue weighted by Gasteiger charge is 2.39. The third kappa shape index (κ3) is 4.73. The van der Waals surface area contributed by atoms with E-state index in [0.29, 0.717) is 18.5 Å². The average Bonchev–Trinajstić information content (AvgIpc) is 2.38. The molecular weight excluding hydrogens is 294 g/mol. The van der Waals surface area contributed by atoms with Gasteiger partial charge in [-0.1, -0.05) is 32.9 Å². The van der Waals surface area contributed by atoms with Crippen molar-refractivity contribution >= 4 is 14.0 Å². The number of nitrogens with two attached hydrogens (primary N) is 1. The molecule has 0 fully saturated rings. The molecule has 5 heteroatoms. The number of aromatic hydroxyl groups is 1. The summed E-state index contributed by atoms with van der Waals surface area (Å²) in [4.78, 5) is 0. The van der Waals surface area contributed by atoms with Crippen molar-refractivity contribution in [3.63, 3.8) is 0 Å². The van der Waals surface area contributed by atoms with Gasteiger partial charge in [0.05, 0.1) is 17.9 Å². The normalized spacial score (nSPS) is 15.6. The Morgan fingerprint density at radius 3 is 2.41 bits per heavy atom. The van der Waals surface area contributed by atoms with Crippen LogP contribution in [-0.4, -0.2) is 30.7 Å². The second-order valence-corrected chi connectivity index (χ2v) is 12.3. The topological polar surface area (TPSA) is 75.7 Å². The summed E-state index contributed by atoms with van der Waals surface area (Å²) < 4.78 is 6.21. The van der Waals surface area contributed by atoms with E-state index in [9.17, 15) is 10.2 Å². The second-order valence-electron chi connectivity index (χ2n) is 7.54. The smallest absolute Gasteiger partial charge is 0.192 e. The van der Waals surface area contributed by atoms with Crippen LogP contribution in [0.2, 0.25) is 18.1 Å². The van der Waals surface area contributed by atoms with Crippen LogP contribution in [0.25, 0.3) is 0 Å². The molecule has 0 bridgehead atoms. The van der Waals surface area contributed by atoms with Crippen LogP contribution in [0.1, 0.15) is 39.7 Å². The molecule has 2 atom stereocenters. The summed E-state index contributed by atoms with van der Waals surface area (Å²) in [6.07, 6.45) is 0.329. The zero-order valence-electron chi connectivity index (χ0n) is 14.7. The molecule has 0 aliphatic carbocycles. The van der Waals surface area contributed by atoms with Gasteiger partial charge in [-0.3, -0.25) is 0 Å². The number of hydrogen-bond acceptors (Lipinski definition) is 4. The van der Waals surface area contributed by atoms with Crippen molar-refractivity contribution in [2.75, 3.05) is 5.73 Å². The molecule has 0 aromatic heterocycles. The molecule has 1 rings (SSSR count). The molecule has 0 heterocycles. The summed E-state index contributed by atoms with van der Waals surface area (Å²) in [5.41, 5.74) is 6.82. The zero-order chi connectivity index (χ0) is 17.1. The molecule has 0 radical (unpaired) electrons. The summed E-state index contributed by atoms with van der Waals surface area (Å²) >= 11 is 0. The van der Waals surface area contributed by atoms with Gasteiger partial charge in [0.1, 0.15) is 5.75 Å². The molecule has 22 heavy (non-hydrogen) atoms. The van der Waals surface area contributed by atoms with Gasteiger partial charge in [0.25, 0.3) is 0 Å². The number of aryl methyl sites for hydroxylation is 1. The number of phenols is 1. The number of para-hydroxylation sites is 1. The van der Waals surface area contributed by atoms with Gasteiger partial charge in [0.15, 0.2) is 8.32 Å². The number of phenolic OH excluding ortho intramolecular Hbond substituents is 1. The van der Waals surface area contributed by atoms with E-state index in [0.717, 1.165) is 5.56 Å².